The Morgan fingerprint density at radius 3 is 2.47 bits per heavy atom. The molecule has 1 aliphatic rings. The second-order valence-electron chi connectivity index (χ2n) is 2.99. The van der Waals surface area contributed by atoms with Crippen molar-refractivity contribution in [1.29, 1.82) is 0 Å². The van der Waals surface area contributed by atoms with Crippen LogP contribution in [0.2, 0.25) is 0 Å². The van der Waals surface area contributed by atoms with Gasteiger partial charge in [-0.1, -0.05) is 12.1 Å². The number of rotatable bonds is 3. The lowest BCUT2D eigenvalue weighted by Gasteiger charge is -2.02. The van der Waals surface area contributed by atoms with Crippen molar-refractivity contribution in [3.8, 4) is 11.5 Å². The summed E-state index contributed by atoms with van der Waals surface area (Å²) in [7, 11) is 0. The van der Waals surface area contributed by atoms with Gasteiger partial charge in [0.15, 0.2) is 11.5 Å². The van der Waals surface area contributed by atoms with E-state index in [-0.39, 0.29) is 6.54 Å². The molecule has 5 heteroatoms. The van der Waals surface area contributed by atoms with Crippen LogP contribution in [0.4, 0.5) is 0 Å². The van der Waals surface area contributed by atoms with E-state index in [2.05, 4.69) is 0 Å². The molecule has 0 bridgehead atoms. The zero-order chi connectivity index (χ0) is 10.7. The highest BCUT2D eigenvalue weighted by Crippen LogP contribution is 2.33. The highest BCUT2D eigenvalue weighted by Gasteiger charge is 2.20. The van der Waals surface area contributed by atoms with E-state index in [1.807, 2.05) is 12.1 Å². The summed E-state index contributed by atoms with van der Waals surface area (Å²) in [6, 6.07) is 7.25. The molecule has 0 aliphatic carbocycles. The van der Waals surface area contributed by atoms with E-state index in [1.54, 1.807) is 12.1 Å². The molecular formula is C10H9NO4. The first-order valence-corrected chi connectivity index (χ1v) is 4.46. The average Bonchev–Trinajstić information content (AvgIpc) is 2.59. The minimum atomic E-state index is -0.553. The van der Waals surface area contributed by atoms with Crippen molar-refractivity contribution in [3.63, 3.8) is 0 Å². The van der Waals surface area contributed by atoms with E-state index in [1.165, 1.54) is 12.2 Å². The van der Waals surface area contributed by atoms with Gasteiger partial charge in [0.2, 0.25) is 6.54 Å². The summed E-state index contributed by atoms with van der Waals surface area (Å²) in [4.78, 5) is 9.65. The van der Waals surface area contributed by atoms with Crippen LogP contribution in [0.5, 0.6) is 11.5 Å². The Balaban J connectivity index is 1.96. The molecule has 0 atom stereocenters. The second-order valence-corrected chi connectivity index (χ2v) is 2.99. The number of nitro groups is 1. The molecule has 0 aromatic heterocycles. The van der Waals surface area contributed by atoms with Crippen LogP contribution in [0.25, 0.3) is 0 Å². The first-order valence-electron chi connectivity index (χ1n) is 4.46. The summed E-state index contributed by atoms with van der Waals surface area (Å²) in [5, 5.41) is 10.1. The Kier molecular flexibility index (Phi) is 2.53. The number of hydrogen-bond donors (Lipinski definition) is 0. The molecule has 0 unspecified atom stereocenters. The van der Waals surface area contributed by atoms with Gasteiger partial charge in [-0.3, -0.25) is 10.1 Å². The molecule has 78 valence electrons. The topological polar surface area (TPSA) is 61.6 Å². The van der Waals surface area contributed by atoms with Crippen LogP contribution in [-0.2, 0) is 0 Å². The molecule has 0 amide bonds. The van der Waals surface area contributed by atoms with Gasteiger partial charge < -0.3 is 9.47 Å². The van der Waals surface area contributed by atoms with E-state index in [0.717, 1.165) is 0 Å². The van der Waals surface area contributed by atoms with E-state index in [0.29, 0.717) is 11.5 Å². The fourth-order valence-electron chi connectivity index (χ4n) is 1.26. The molecule has 0 radical (unpaired) electrons. The van der Waals surface area contributed by atoms with Crippen LogP contribution < -0.4 is 9.47 Å². The average molecular weight is 207 g/mol. The molecule has 1 aliphatic heterocycles. The predicted octanol–water partition coefficient (Wildman–Crippen LogP) is 1.62. The lowest BCUT2D eigenvalue weighted by Crippen LogP contribution is -2.14. The molecular weight excluding hydrogens is 198 g/mol. The van der Waals surface area contributed by atoms with Gasteiger partial charge in [0.25, 0.3) is 6.29 Å². The molecule has 1 aromatic rings. The molecule has 0 spiro atoms. The second kappa shape index (κ2) is 4.00. The molecule has 0 saturated carbocycles. The third-order valence-corrected chi connectivity index (χ3v) is 1.88. The molecule has 15 heavy (non-hydrogen) atoms. The summed E-state index contributed by atoms with van der Waals surface area (Å²) in [5.74, 6) is 1.32. The van der Waals surface area contributed by atoms with Crippen molar-refractivity contribution in [3.05, 3.63) is 46.5 Å². The number of para-hydroxylation sites is 2. The summed E-state index contributed by atoms with van der Waals surface area (Å²) < 4.78 is 10.7. The largest absolute Gasteiger partial charge is 0.447 e. The van der Waals surface area contributed by atoms with Crippen LogP contribution in [0.1, 0.15) is 0 Å². The maximum Gasteiger partial charge on any atom is 0.261 e. The van der Waals surface area contributed by atoms with Gasteiger partial charge in [-0.05, 0) is 24.3 Å². The Morgan fingerprint density at radius 2 is 1.93 bits per heavy atom. The highest BCUT2D eigenvalue weighted by atomic mass is 16.7. The first kappa shape index (κ1) is 9.51. The van der Waals surface area contributed by atoms with E-state index in [4.69, 9.17) is 9.47 Å². The minimum absolute atomic E-state index is 0.223. The molecule has 1 heterocycles. The van der Waals surface area contributed by atoms with Gasteiger partial charge in [0.05, 0.1) is 0 Å². The van der Waals surface area contributed by atoms with Crippen LogP contribution in [-0.4, -0.2) is 17.8 Å². The molecule has 5 nitrogen and oxygen atoms in total. The Morgan fingerprint density at radius 1 is 1.33 bits per heavy atom. The normalized spacial score (nSPS) is 14.7. The fraction of sp³-hybridized carbons (Fsp3) is 0.200. The SMILES string of the molecule is O=[N+]([O-])CC=CC1Oc2ccccc2O1. The van der Waals surface area contributed by atoms with Crippen molar-refractivity contribution in [2.45, 2.75) is 6.29 Å². The summed E-state index contributed by atoms with van der Waals surface area (Å²) in [5.41, 5.74) is 0. The fourth-order valence-corrected chi connectivity index (χ4v) is 1.26. The third kappa shape index (κ3) is 2.25. The van der Waals surface area contributed by atoms with Gasteiger partial charge in [-0.15, -0.1) is 0 Å². The van der Waals surface area contributed by atoms with Gasteiger partial charge in [0.1, 0.15) is 0 Å². The number of fused-ring (bicyclic) bond motifs is 1. The molecule has 0 fully saturated rings. The first-order chi connectivity index (χ1) is 7.25. The number of benzene rings is 1. The zero-order valence-corrected chi connectivity index (χ0v) is 7.83. The maximum atomic E-state index is 10.1. The van der Waals surface area contributed by atoms with Crippen LogP contribution in [0, 0.1) is 10.1 Å². The number of ether oxygens (including phenoxy) is 2. The standard InChI is InChI=1S/C10H9NO4/c12-11(13)7-3-6-10-14-8-4-1-2-5-9(8)15-10/h1-6,10H,7H2. The lowest BCUT2D eigenvalue weighted by molar-refractivity contribution is -0.468. The van der Waals surface area contributed by atoms with Crippen molar-refractivity contribution >= 4 is 0 Å². The van der Waals surface area contributed by atoms with E-state index in [9.17, 15) is 10.1 Å². The van der Waals surface area contributed by atoms with E-state index < -0.39 is 11.2 Å². The molecule has 0 N–H and O–H groups in total. The molecule has 1 aromatic carbocycles. The Labute approximate surface area is 86.1 Å². The van der Waals surface area contributed by atoms with Crippen LogP contribution in [0.3, 0.4) is 0 Å². The van der Waals surface area contributed by atoms with Gasteiger partial charge in [-0.25, -0.2) is 0 Å². The summed E-state index contributed by atoms with van der Waals surface area (Å²) in [6.07, 6.45) is 2.39. The summed E-state index contributed by atoms with van der Waals surface area (Å²) in [6.45, 7) is -0.223. The van der Waals surface area contributed by atoms with Crippen molar-refractivity contribution < 1.29 is 14.4 Å². The predicted molar refractivity (Wildman–Crippen MR) is 52.5 cm³/mol. The van der Waals surface area contributed by atoms with Crippen molar-refractivity contribution in [2.24, 2.45) is 0 Å². The third-order valence-electron chi connectivity index (χ3n) is 1.88. The zero-order valence-electron chi connectivity index (χ0n) is 7.83. The monoisotopic (exact) mass is 207 g/mol. The van der Waals surface area contributed by atoms with Crippen molar-refractivity contribution in [2.75, 3.05) is 6.54 Å². The quantitative estimate of drug-likeness (QED) is 0.429. The highest BCUT2D eigenvalue weighted by molar-refractivity contribution is 5.42. The Bertz CT molecular complexity index is 377. The van der Waals surface area contributed by atoms with Gasteiger partial charge in [0, 0.05) is 4.92 Å². The number of hydrogen-bond acceptors (Lipinski definition) is 4. The van der Waals surface area contributed by atoms with Gasteiger partial charge in [-0.2, -0.15) is 0 Å². The minimum Gasteiger partial charge on any atom is -0.447 e. The summed E-state index contributed by atoms with van der Waals surface area (Å²) >= 11 is 0. The van der Waals surface area contributed by atoms with Crippen LogP contribution >= 0.6 is 0 Å². The molecule has 2 rings (SSSR count). The van der Waals surface area contributed by atoms with Crippen molar-refractivity contribution in [1.82, 2.24) is 0 Å². The van der Waals surface area contributed by atoms with Gasteiger partial charge >= 0.3 is 0 Å². The maximum absolute atomic E-state index is 10.1. The van der Waals surface area contributed by atoms with Crippen LogP contribution in [0.15, 0.2) is 36.4 Å². The smallest absolute Gasteiger partial charge is 0.261 e. The van der Waals surface area contributed by atoms with E-state index >= 15 is 0 Å². The number of nitrogens with zero attached hydrogens (tertiary/aromatic N) is 1. The lowest BCUT2D eigenvalue weighted by atomic mass is 10.3. The molecule has 0 saturated heterocycles. The Hall–Kier alpha value is -2.04.